The predicted molar refractivity (Wildman–Crippen MR) is 104 cm³/mol. The Morgan fingerprint density at radius 3 is 2.77 bits per heavy atom. The van der Waals surface area contributed by atoms with E-state index in [2.05, 4.69) is 10.3 Å². The summed E-state index contributed by atoms with van der Waals surface area (Å²) in [4.78, 5) is 15.8. The molecule has 30 heavy (non-hydrogen) atoms. The number of halogens is 3. The molecule has 3 aromatic rings. The van der Waals surface area contributed by atoms with Crippen molar-refractivity contribution in [2.75, 3.05) is 17.6 Å². The number of benzene rings is 2. The SMILES string of the molecule is Nc1cc(COc2cc3n(c(=O)n2)CCN3)ccc1Oc1cccc(C(F)(F)F)c1. The van der Waals surface area contributed by atoms with E-state index in [0.717, 1.165) is 12.1 Å². The van der Waals surface area contributed by atoms with Crippen molar-refractivity contribution < 1.29 is 22.6 Å². The van der Waals surface area contributed by atoms with E-state index < -0.39 is 17.4 Å². The van der Waals surface area contributed by atoms with Crippen LogP contribution in [0.2, 0.25) is 0 Å². The first-order chi connectivity index (χ1) is 14.3. The Bertz CT molecular complexity index is 1140. The van der Waals surface area contributed by atoms with Gasteiger partial charge in [-0.1, -0.05) is 12.1 Å². The number of hydrogen-bond donors (Lipinski definition) is 2. The van der Waals surface area contributed by atoms with Gasteiger partial charge in [-0.2, -0.15) is 18.2 Å². The van der Waals surface area contributed by atoms with Gasteiger partial charge in [-0.05, 0) is 35.9 Å². The minimum absolute atomic E-state index is 0.0239. The molecule has 0 atom stereocenters. The van der Waals surface area contributed by atoms with Gasteiger partial charge in [0, 0.05) is 19.2 Å². The number of nitrogen functional groups attached to an aromatic ring is 1. The third-order valence-corrected chi connectivity index (χ3v) is 4.48. The van der Waals surface area contributed by atoms with Crippen molar-refractivity contribution in [1.82, 2.24) is 9.55 Å². The summed E-state index contributed by atoms with van der Waals surface area (Å²) in [5, 5.41) is 3.07. The van der Waals surface area contributed by atoms with Crippen LogP contribution in [0.15, 0.2) is 53.3 Å². The minimum atomic E-state index is -4.46. The smallest absolute Gasteiger partial charge is 0.416 e. The van der Waals surface area contributed by atoms with Crippen molar-refractivity contribution in [1.29, 1.82) is 0 Å². The van der Waals surface area contributed by atoms with Crippen LogP contribution in [0.4, 0.5) is 24.7 Å². The number of ether oxygens (including phenoxy) is 2. The highest BCUT2D eigenvalue weighted by molar-refractivity contribution is 5.56. The number of anilines is 2. The fourth-order valence-electron chi connectivity index (χ4n) is 3.02. The first-order valence-electron chi connectivity index (χ1n) is 9.02. The first kappa shape index (κ1) is 19.6. The van der Waals surface area contributed by atoms with Crippen molar-refractivity contribution in [3.8, 4) is 17.4 Å². The number of aromatic nitrogens is 2. The van der Waals surface area contributed by atoms with Gasteiger partial charge in [0.15, 0.2) is 0 Å². The third kappa shape index (κ3) is 4.17. The molecule has 0 saturated carbocycles. The summed E-state index contributed by atoms with van der Waals surface area (Å²) in [5.41, 5.74) is 5.69. The van der Waals surface area contributed by atoms with Crippen LogP contribution in [-0.2, 0) is 19.3 Å². The normalized spacial score (nSPS) is 12.9. The highest BCUT2D eigenvalue weighted by Gasteiger charge is 2.30. The van der Waals surface area contributed by atoms with Crippen molar-refractivity contribution in [3.63, 3.8) is 0 Å². The molecule has 1 aliphatic heterocycles. The molecular formula is C20H17F3N4O3. The summed E-state index contributed by atoms with van der Waals surface area (Å²) in [6.45, 7) is 1.32. The number of nitrogens with one attached hydrogen (secondary N) is 1. The van der Waals surface area contributed by atoms with Gasteiger partial charge in [-0.25, -0.2) is 4.79 Å². The Morgan fingerprint density at radius 1 is 1.17 bits per heavy atom. The Balaban J connectivity index is 1.45. The standard InChI is InChI=1S/C20H17F3N4O3/c21-20(22,23)13-2-1-3-14(9-13)30-16-5-4-12(8-15(16)24)11-29-18-10-17-25-6-7-27(17)19(28)26-18/h1-5,8-10,25H,6-7,11,24H2. The third-order valence-electron chi connectivity index (χ3n) is 4.48. The zero-order valence-electron chi connectivity index (χ0n) is 15.6. The zero-order chi connectivity index (χ0) is 21.3. The molecule has 4 rings (SSSR count). The van der Waals surface area contributed by atoms with Crippen molar-refractivity contribution >= 4 is 11.5 Å². The maximum Gasteiger partial charge on any atom is 0.416 e. The Hall–Kier alpha value is -3.69. The average Bonchev–Trinajstić information content (AvgIpc) is 3.17. The summed E-state index contributed by atoms with van der Waals surface area (Å²) in [6.07, 6.45) is -4.46. The van der Waals surface area contributed by atoms with E-state index >= 15 is 0 Å². The second-order valence-electron chi connectivity index (χ2n) is 6.63. The quantitative estimate of drug-likeness (QED) is 0.615. The fourth-order valence-corrected chi connectivity index (χ4v) is 3.02. The summed E-state index contributed by atoms with van der Waals surface area (Å²) in [7, 11) is 0. The van der Waals surface area contributed by atoms with Crippen LogP contribution >= 0.6 is 0 Å². The molecule has 1 aliphatic rings. The molecular weight excluding hydrogens is 401 g/mol. The molecule has 0 amide bonds. The summed E-state index contributed by atoms with van der Waals surface area (Å²) < 4.78 is 51.1. The summed E-state index contributed by atoms with van der Waals surface area (Å²) in [6, 6.07) is 11.0. The van der Waals surface area contributed by atoms with E-state index in [9.17, 15) is 18.0 Å². The van der Waals surface area contributed by atoms with Crippen molar-refractivity contribution in [2.45, 2.75) is 19.3 Å². The monoisotopic (exact) mass is 418 g/mol. The molecule has 7 nitrogen and oxygen atoms in total. The lowest BCUT2D eigenvalue weighted by atomic mass is 10.2. The number of hydrogen-bond acceptors (Lipinski definition) is 6. The minimum Gasteiger partial charge on any atom is -0.473 e. The number of fused-ring (bicyclic) bond motifs is 1. The summed E-state index contributed by atoms with van der Waals surface area (Å²) in [5.74, 6) is 1.07. The van der Waals surface area contributed by atoms with E-state index in [1.165, 1.54) is 16.7 Å². The molecule has 0 fully saturated rings. The van der Waals surface area contributed by atoms with Gasteiger partial charge in [-0.3, -0.25) is 4.57 Å². The fraction of sp³-hybridized carbons (Fsp3) is 0.200. The number of nitrogens with two attached hydrogens (primary N) is 1. The van der Waals surface area contributed by atoms with Crippen molar-refractivity contribution in [3.05, 3.63) is 70.1 Å². The van der Waals surface area contributed by atoms with Crippen LogP contribution in [0.3, 0.4) is 0 Å². The Kier molecular flexibility index (Phi) is 4.98. The lowest BCUT2D eigenvalue weighted by Gasteiger charge is -2.13. The molecule has 3 N–H and O–H groups in total. The predicted octanol–water partition coefficient (Wildman–Crippen LogP) is 3.64. The molecule has 10 heteroatoms. The molecule has 0 saturated heterocycles. The van der Waals surface area contributed by atoms with Gasteiger partial charge in [0.25, 0.3) is 0 Å². The molecule has 0 unspecified atom stereocenters. The lowest BCUT2D eigenvalue weighted by Crippen LogP contribution is -2.21. The average molecular weight is 418 g/mol. The van der Waals surface area contributed by atoms with Gasteiger partial charge in [0.2, 0.25) is 5.88 Å². The van der Waals surface area contributed by atoms with Gasteiger partial charge in [-0.15, -0.1) is 0 Å². The second kappa shape index (κ2) is 7.62. The Morgan fingerprint density at radius 2 is 2.00 bits per heavy atom. The van der Waals surface area contributed by atoms with Crippen LogP contribution in [0, 0.1) is 0 Å². The second-order valence-corrected chi connectivity index (χ2v) is 6.63. The van der Waals surface area contributed by atoms with Crippen LogP contribution in [0.25, 0.3) is 0 Å². The highest BCUT2D eigenvalue weighted by Crippen LogP contribution is 2.34. The maximum atomic E-state index is 12.8. The number of rotatable bonds is 5. The molecule has 0 bridgehead atoms. The first-order valence-corrected chi connectivity index (χ1v) is 9.02. The zero-order valence-corrected chi connectivity index (χ0v) is 15.6. The van der Waals surface area contributed by atoms with E-state index in [4.69, 9.17) is 15.2 Å². The van der Waals surface area contributed by atoms with Gasteiger partial charge >= 0.3 is 11.9 Å². The molecule has 2 aromatic carbocycles. The van der Waals surface area contributed by atoms with Gasteiger partial charge < -0.3 is 20.5 Å². The Labute approximate surface area is 168 Å². The van der Waals surface area contributed by atoms with Crippen LogP contribution in [-0.4, -0.2) is 16.1 Å². The van der Waals surface area contributed by atoms with Gasteiger partial charge in [0.1, 0.15) is 23.9 Å². The van der Waals surface area contributed by atoms with Crippen LogP contribution < -0.4 is 26.2 Å². The maximum absolute atomic E-state index is 12.8. The molecule has 0 aliphatic carbocycles. The molecule has 2 heterocycles. The van der Waals surface area contributed by atoms with Crippen LogP contribution in [0.1, 0.15) is 11.1 Å². The van der Waals surface area contributed by atoms with E-state index in [1.807, 2.05) is 0 Å². The lowest BCUT2D eigenvalue weighted by molar-refractivity contribution is -0.137. The summed E-state index contributed by atoms with van der Waals surface area (Å²) >= 11 is 0. The van der Waals surface area contributed by atoms with Crippen molar-refractivity contribution in [2.24, 2.45) is 0 Å². The molecule has 1 aromatic heterocycles. The highest BCUT2D eigenvalue weighted by atomic mass is 19.4. The topological polar surface area (TPSA) is 91.4 Å². The molecule has 0 spiro atoms. The number of alkyl halides is 3. The molecule has 156 valence electrons. The number of nitrogens with zero attached hydrogens (tertiary/aromatic N) is 2. The van der Waals surface area contributed by atoms with E-state index in [-0.39, 0.29) is 29.7 Å². The van der Waals surface area contributed by atoms with Gasteiger partial charge in [0.05, 0.1) is 11.3 Å². The van der Waals surface area contributed by atoms with E-state index in [0.29, 0.717) is 24.5 Å². The largest absolute Gasteiger partial charge is 0.473 e. The van der Waals surface area contributed by atoms with Crippen LogP contribution in [0.5, 0.6) is 17.4 Å². The molecule has 0 radical (unpaired) electrons. The van der Waals surface area contributed by atoms with E-state index in [1.54, 1.807) is 24.3 Å².